The zero-order valence-electron chi connectivity index (χ0n) is 21.2. The standard InChI is InChI=1S/C32H30F3NS/c1-3-4-5-6-7-8-17-36-28-18-20(2)9-11-22(28)24-13-16-27-25(30(24)36)14-15-26-23-12-10-21(32(33,34)35)19-29(23)37-31(26)27/h9-16,18-19H,3-8,17H2,1-2H3. The van der Waals surface area contributed by atoms with Gasteiger partial charge in [-0.2, -0.15) is 13.2 Å². The van der Waals surface area contributed by atoms with E-state index in [2.05, 4.69) is 60.9 Å². The molecule has 2 heterocycles. The fraction of sp³-hybridized carbons (Fsp3) is 0.312. The summed E-state index contributed by atoms with van der Waals surface area (Å²) in [5.41, 5.74) is 3.16. The number of nitrogens with zero attached hydrogens (tertiary/aromatic N) is 1. The van der Waals surface area contributed by atoms with Crippen LogP contribution in [0.3, 0.4) is 0 Å². The average Bonchev–Trinajstić information content (AvgIpc) is 3.40. The molecular weight excluding hydrogens is 487 g/mol. The summed E-state index contributed by atoms with van der Waals surface area (Å²) in [6.07, 6.45) is 3.14. The second-order valence-corrected chi connectivity index (χ2v) is 11.3. The number of halogens is 3. The van der Waals surface area contributed by atoms with Gasteiger partial charge in [0.2, 0.25) is 0 Å². The van der Waals surface area contributed by atoms with Crippen molar-refractivity contribution in [2.75, 3.05) is 0 Å². The van der Waals surface area contributed by atoms with E-state index < -0.39 is 11.7 Å². The number of aryl methyl sites for hydroxylation is 2. The number of aromatic nitrogens is 1. The SMILES string of the molecule is CCCCCCCCn1c2cc(C)ccc2c2ccc3c(ccc4c5ccc(C(F)(F)F)cc5sc43)c21. The van der Waals surface area contributed by atoms with E-state index in [1.165, 1.54) is 88.3 Å². The van der Waals surface area contributed by atoms with Crippen LogP contribution in [0.2, 0.25) is 0 Å². The molecule has 0 saturated carbocycles. The molecule has 0 spiro atoms. The molecular formula is C32H30F3NS. The Morgan fingerprint density at radius 1 is 0.703 bits per heavy atom. The first-order valence-electron chi connectivity index (χ1n) is 13.2. The van der Waals surface area contributed by atoms with Gasteiger partial charge in [0.25, 0.3) is 0 Å². The van der Waals surface area contributed by atoms with Gasteiger partial charge in [0.05, 0.1) is 11.1 Å². The summed E-state index contributed by atoms with van der Waals surface area (Å²) in [6, 6.07) is 19.4. The minimum Gasteiger partial charge on any atom is -0.340 e. The largest absolute Gasteiger partial charge is 0.416 e. The highest BCUT2D eigenvalue weighted by Crippen LogP contribution is 2.43. The molecule has 37 heavy (non-hydrogen) atoms. The van der Waals surface area contributed by atoms with Crippen LogP contribution in [0.4, 0.5) is 13.2 Å². The first-order valence-corrected chi connectivity index (χ1v) is 14.1. The molecule has 0 atom stereocenters. The van der Waals surface area contributed by atoms with Crippen LogP contribution < -0.4 is 0 Å². The molecule has 0 amide bonds. The summed E-state index contributed by atoms with van der Waals surface area (Å²) in [4.78, 5) is 0. The number of hydrogen-bond donors (Lipinski definition) is 0. The molecule has 0 aliphatic rings. The van der Waals surface area contributed by atoms with Crippen LogP contribution in [0.1, 0.15) is 56.6 Å². The van der Waals surface area contributed by atoms with Crippen molar-refractivity contribution in [3.8, 4) is 0 Å². The van der Waals surface area contributed by atoms with E-state index in [9.17, 15) is 13.2 Å². The lowest BCUT2D eigenvalue weighted by Gasteiger charge is -2.10. The molecule has 0 aliphatic carbocycles. The average molecular weight is 518 g/mol. The molecule has 0 N–H and O–H groups in total. The van der Waals surface area contributed by atoms with E-state index in [1.54, 1.807) is 6.07 Å². The van der Waals surface area contributed by atoms with Crippen molar-refractivity contribution < 1.29 is 13.2 Å². The van der Waals surface area contributed by atoms with Crippen LogP contribution in [0.5, 0.6) is 0 Å². The lowest BCUT2D eigenvalue weighted by molar-refractivity contribution is -0.137. The van der Waals surface area contributed by atoms with Crippen molar-refractivity contribution in [2.45, 2.75) is 65.1 Å². The van der Waals surface area contributed by atoms with Crippen molar-refractivity contribution in [1.82, 2.24) is 4.57 Å². The summed E-state index contributed by atoms with van der Waals surface area (Å²) >= 11 is 1.46. The Balaban J connectivity index is 1.54. The quantitative estimate of drug-likeness (QED) is 0.186. The van der Waals surface area contributed by atoms with Gasteiger partial charge >= 0.3 is 6.18 Å². The van der Waals surface area contributed by atoms with Crippen LogP contribution in [0, 0.1) is 6.92 Å². The smallest absolute Gasteiger partial charge is 0.340 e. The molecule has 190 valence electrons. The third-order valence-corrected chi connectivity index (χ3v) is 8.88. The molecule has 6 aromatic rings. The van der Waals surface area contributed by atoms with Crippen LogP contribution in [-0.2, 0) is 12.7 Å². The zero-order chi connectivity index (χ0) is 25.7. The second kappa shape index (κ2) is 9.36. The minimum absolute atomic E-state index is 0.590. The lowest BCUT2D eigenvalue weighted by Crippen LogP contribution is -2.03. The maximum absolute atomic E-state index is 13.4. The predicted octanol–water partition coefficient (Wildman–Crippen LogP) is 11.0. The lowest BCUT2D eigenvalue weighted by atomic mass is 10.0. The molecule has 0 saturated heterocycles. The molecule has 0 radical (unpaired) electrons. The Labute approximate surface area is 218 Å². The van der Waals surface area contributed by atoms with E-state index in [0.717, 1.165) is 33.8 Å². The maximum Gasteiger partial charge on any atom is 0.416 e. The Kier molecular flexibility index (Phi) is 6.15. The van der Waals surface area contributed by atoms with Gasteiger partial charge in [-0.05, 0) is 37.1 Å². The number of unbranched alkanes of at least 4 members (excludes halogenated alkanes) is 5. The summed E-state index contributed by atoms with van der Waals surface area (Å²) < 4.78 is 44.3. The Morgan fingerprint density at radius 3 is 2.08 bits per heavy atom. The van der Waals surface area contributed by atoms with E-state index in [0.29, 0.717) is 4.70 Å². The van der Waals surface area contributed by atoms with E-state index >= 15 is 0 Å². The van der Waals surface area contributed by atoms with Gasteiger partial charge in [-0.3, -0.25) is 0 Å². The van der Waals surface area contributed by atoms with Gasteiger partial charge in [0, 0.05) is 53.8 Å². The zero-order valence-corrected chi connectivity index (χ0v) is 22.0. The Bertz CT molecular complexity index is 1770. The summed E-state index contributed by atoms with van der Waals surface area (Å²) in [5, 5.41) is 6.71. The van der Waals surface area contributed by atoms with Gasteiger partial charge < -0.3 is 4.57 Å². The van der Waals surface area contributed by atoms with Gasteiger partial charge in [0.1, 0.15) is 0 Å². The molecule has 5 heteroatoms. The molecule has 0 aliphatic heterocycles. The van der Waals surface area contributed by atoms with Gasteiger partial charge in [0.15, 0.2) is 0 Å². The van der Waals surface area contributed by atoms with Crippen LogP contribution in [0.15, 0.2) is 60.7 Å². The van der Waals surface area contributed by atoms with Crippen LogP contribution in [0.25, 0.3) is 52.8 Å². The summed E-state index contributed by atoms with van der Waals surface area (Å²) in [6.45, 7) is 5.35. The fourth-order valence-electron chi connectivity index (χ4n) is 5.80. The number of rotatable bonds is 7. The molecule has 0 unspecified atom stereocenters. The molecule has 6 rings (SSSR count). The maximum atomic E-state index is 13.4. The number of thiophene rings is 1. The molecule has 4 aromatic carbocycles. The van der Waals surface area contributed by atoms with E-state index in [-0.39, 0.29) is 0 Å². The fourth-order valence-corrected chi connectivity index (χ4v) is 7.07. The number of hydrogen-bond acceptors (Lipinski definition) is 1. The van der Waals surface area contributed by atoms with Crippen molar-refractivity contribution >= 4 is 64.1 Å². The monoisotopic (exact) mass is 517 g/mol. The third kappa shape index (κ3) is 4.17. The van der Waals surface area contributed by atoms with Gasteiger partial charge in [-0.1, -0.05) is 81.5 Å². The number of alkyl halides is 3. The highest BCUT2D eigenvalue weighted by atomic mass is 32.1. The summed E-state index contributed by atoms with van der Waals surface area (Å²) in [5.74, 6) is 0. The molecule has 0 fully saturated rings. The molecule has 2 aromatic heterocycles. The van der Waals surface area contributed by atoms with Crippen molar-refractivity contribution in [3.63, 3.8) is 0 Å². The van der Waals surface area contributed by atoms with Crippen molar-refractivity contribution in [1.29, 1.82) is 0 Å². The Morgan fingerprint density at radius 2 is 1.32 bits per heavy atom. The van der Waals surface area contributed by atoms with E-state index in [4.69, 9.17) is 0 Å². The second-order valence-electron chi connectivity index (χ2n) is 10.2. The van der Waals surface area contributed by atoms with Crippen LogP contribution >= 0.6 is 11.3 Å². The highest BCUT2D eigenvalue weighted by molar-refractivity contribution is 7.26. The topological polar surface area (TPSA) is 4.93 Å². The highest BCUT2D eigenvalue weighted by Gasteiger charge is 2.30. The summed E-state index contributed by atoms with van der Waals surface area (Å²) in [7, 11) is 0. The predicted molar refractivity (Wildman–Crippen MR) is 153 cm³/mol. The normalized spacial score (nSPS) is 12.7. The van der Waals surface area contributed by atoms with Crippen LogP contribution in [-0.4, -0.2) is 4.57 Å². The molecule has 1 nitrogen and oxygen atoms in total. The van der Waals surface area contributed by atoms with Crippen molar-refractivity contribution in [3.05, 3.63) is 71.8 Å². The third-order valence-electron chi connectivity index (χ3n) is 7.67. The first kappa shape index (κ1) is 24.3. The minimum atomic E-state index is -4.34. The Hall–Kier alpha value is -3.05. The number of fused-ring (bicyclic) bond motifs is 9. The first-order chi connectivity index (χ1) is 17.9. The van der Waals surface area contributed by atoms with Crippen molar-refractivity contribution in [2.24, 2.45) is 0 Å². The van der Waals surface area contributed by atoms with Gasteiger partial charge in [-0.15, -0.1) is 11.3 Å². The number of benzene rings is 4. The molecule has 0 bridgehead atoms. The van der Waals surface area contributed by atoms with E-state index in [1.807, 2.05) is 0 Å². The van der Waals surface area contributed by atoms with Gasteiger partial charge in [-0.25, -0.2) is 0 Å².